The van der Waals surface area contributed by atoms with Gasteiger partial charge in [0.05, 0.1) is 4.90 Å². The van der Waals surface area contributed by atoms with E-state index in [0.717, 1.165) is 18.5 Å². The molecule has 3 rings (SSSR count). The Hall–Kier alpha value is -3.68. The SMILES string of the molecule is CN(C)c1ccc(C=C(C#N)C(=O)OCC(=O)Nc2ccc(S(=O)(=O)N3CCCC3)cc2)cc1. The van der Waals surface area contributed by atoms with Gasteiger partial charge >= 0.3 is 5.97 Å². The molecule has 9 nitrogen and oxygen atoms in total. The maximum Gasteiger partial charge on any atom is 0.349 e. The Morgan fingerprint density at radius 2 is 1.71 bits per heavy atom. The van der Waals surface area contributed by atoms with Crippen molar-refractivity contribution in [1.82, 2.24) is 4.31 Å². The fraction of sp³-hybridized carbons (Fsp3) is 0.292. The highest BCUT2D eigenvalue weighted by Gasteiger charge is 2.27. The van der Waals surface area contributed by atoms with Crippen LogP contribution in [0.5, 0.6) is 0 Å². The van der Waals surface area contributed by atoms with Crippen LogP contribution < -0.4 is 10.2 Å². The normalized spacial score (nSPS) is 14.3. The monoisotopic (exact) mass is 482 g/mol. The number of nitrogens with one attached hydrogen (secondary N) is 1. The predicted octanol–water partition coefficient (Wildman–Crippen LogP) is 2.63. The van der Waals surface area contributed by atoms with Crippen LogP contribution in [0.1, 0.15) is 18.4 Å². The van der Waals surface area contributed by atoms with Gasteiger partial charge < -0.3 is 15.0 Å². The first kappa shape index (κ1) is 25.0. The highest BCUT2D eigenvalue weighted by atomic mass is 32.2. The molecule has 34 heavy (non-hydrogen) atoms. The summed E-state index contributed by atoms with van der Waals surface area (Å²) < 4.78 is 31.5. The van der Waals surface area contributed by atoms with Crippen LogP contribution in [0, 0.1) is 11.3 Å². The maximum absolute atomic E-state index is 12.6. The van der Waals surface area contributed by atoms with Crippen LogP contribution in [-0.4, -0.2) is 58.4 Å². The lowest BCUT2D eigenvalue weighted by Crippen LogP contribution is -2.27. The number of ether oxygens (including phenoxy) is 1. The minimum Gasteiger partial charge on any atom is -0.451 e. The predicted molar refractivity (Wildman–Crippen MR) is 128 cm³/mol. The Morgan fingerprint density at radius 3 is 2.26 bits per heavy atom. The quantitative estimate of drug-likeness (QED) is 0.349. The average Bonchev–Trinajstić information content (AvgIpc) is 3.38. The summed E-state index contributed by atoms with van der Waals surface area (Å²) in [6.45, 7) is 0.421. The van der Waals surface area contributed by atoms with E-state index in [9.17, 15) is 23.3 Å². The number of amides is 1. The van der Waals surface area contributed by atoms with Crippen molar-refractivity contribution in [2.24, 2.45) is 0 Å². The molecule has 0 spiro atoms. The van der Waals surface area contributed by atoms with Crippen molar-refractivity contribution in [3.63, 3.8) is 0 Å². The van der Waals surface area contributed by atoms with Crippen LogP contribution in [-0.2, 0) is 24.3 Å². The molecule has 0 aromatic heterocycles. The van der Waals surface area contributed by atoms with E-state index in [0.29, 0.717) is 24.3 Å². The minimum atomic E-state index is -3.54. The molecule has 1 saturated heterocycles. The fourth-order valence-corrected chi connectivity index (χ4v) is 4.88. The number of esters is 1. The second-order valence-electron chi connectivity index (χ2n) is 7.92. The van der Waals surface area contributed by atoms with Crippen LogP contribution in [0.15, 0.2) is 59.0 Å². The average molecular weight is 483 g/mol. The minimum absolute atomic E-state index is 0.154. The number of carbonyl (C=O) groups excluding carboxylic acids is 2. The lowest BCUT2D eigenvalue weighted by Gasteiger charge is -2.15. The highest BCUT2D eigenvalue weighted by Crippen LogP contribution is 2.22. The number of benzene rings is 2. The molecule has 0 aliphatic carbocycles. The molecule has 2 aromatic carbocycles. The topological polar surface area (TPSA) is 120 Å². The largest absolute Gasteiger partial charge is 0.451 e. The van der Waals surface area contributed by atoms with E-state index in [2.05, 4.69) is 5.32 Å². The fourth-order valence-electron chi connectivity index (χ4n) is 3.37. The molecule has 1 heterocycles. The van der Waals surface area contributed by atoms with Crippen LogP contribution >= 0.6 is 0 Å². The number of nitriles is 1. The number of sulfonamides is 1. The number of nitrogens with zero attached hydrogens (tertiary/aromatic N) is 3. The van der Waals surface area contributed by atoms with Crippen LogP contribution in [0.4, 0.5) is 11.4 Å². The summed E-state index contributed by atoms with van der Waals surface area (Å²) in [5.74, 6) is -1.53. The highest BCUT2D eigenvalue weighted by molar-refractivity contribution is 7.89. The van der Waals surface area contributed by atoms with Crippen molar-refractivity contribution in [2.45, 2.75) is 17.7 Å². The van der Waals surface area contributed by atoms with E-state index in [-0.39, 0.29) is 10.5 Å². The zero-order chi connectivity index (χ0) is 24.7. The Bertz CT molecular complexity index is 1210. The molecule has 0 bridgehead atoms. The van der Waals surface area contributed by atoms with Gasteiger partial charge in [-0.15, -0.1) is 0 Å². The van der Waals surface area contributed by atoms with E-state index in [4.69, 9.17) is 4.74 Å². The molecule has 1 fully saturated rings. The summed E-state index contributed by atoms with van der Waals surface area (Å²) >= 11 is 0. The summed E-state index contributed by atoms with van der Waals surface area (Å²) in [6.07, 6.45) is 3.08. The Labute approximate surface area is 199 Å². The van der Waals surface area contributed by atoms with Gasteiger partial charge in [-0.25, -0.2) is 13.2 Å². The standard InChI is InChI=1S/C24H26N4O5S/c1-27(2)21-9-5-18(6-10-21)15-19(16-25)24(30)33-17-23(29)26-20-7-11-22(12-8-20)34(31,32)28-13-3-4-14-28/h5-12,15H,3-4,13-14,17H2,1-2H3,(H,26,29). The van der Waals surface area contributed by atoms with E-state index < -0.39 is 28.5 Å². The van der Waals surface area contributed by atoms with Crippen molar-refractivity contribution in [3.8, 4) is 6.07 Å². The lowest BCUT2D eigenvalue weighted by atomic mass is 10.1. The summed E-state index contributed by atoms with van der Waals surface area (Å²) in [5.41, 5.74) is 1.74. The third-order valence-electron chi connectivity index (χ3n) is 5.24. The zero-order valence-electron chi connectivity index (χ0n) is 19.0. The molecule has 1 N–H and O–H groups in total. The smallest absolute Gasteiger partial charge is 0.349 e. The summed E-state index contributed by atoms with van der Waals surface area (Å²) in [4.78, 5) is 26.5. The van der Waals surface area contributed by atoms with Crippen LogP contribution in [0.2, 0.25) is 0 Å². The molecular formula is C24H26N4O5S. The van der Waals surface area contributed by atoms with Crippen molar-refractivity contribution < 1.29 is 22.7 Å². The molecule has 1 aliphatic rings. The van der Waals surface area contributed by atoms with E-state index >= 15 is 0 Å². The van der Waals surface area contributed by atoms with Gasteiger partial charge in [0.25, 0.3) is 5.91 Å². The maximum atomic E-state index is 12.6. The molecule has 10 heteroatoms. The number of carbonyl (C=O) groups is 2. The van der Waals surface area contributed by atoms with Gasteiger partial charge in [-0.05, 0) is 60.9 Å². The van der Waals surface area contributed by atoms with Gasteiger partial charge in [-0.3, -0.25) is 4.79 Å². The summed E-state index contributed by atoms with van der Waals surface area (Å²) in [6, 6.07) is 14.8. The van der Waals surface area contributed by atoms with Crippen molar-refractivity contribution in [2.75, 3.05) is 44.0 Å². The molecule has 0 atom stereocenters. The van der Waals surface area contributed by atoms with E-state index in [1.807, 2.05) is 31.1 Å². The molecule has 2 aromatic rings. The summed E-state index contributed by atoms with van der Waals surface area (Å²) in [7, 11) is 0.265. The molecule has 1 aliphatic heterocycles. The molecule has 178 valence electrons. The lowest BCUT2D eigenvalue weighted by molar-refractivity contribution is -0.142. The number of hydrogen-bond acceptors (Lipinski definition) is 7. The van der Waals surface area contributed by atoms with Crippen molar-refractivity contribution >= 4 is 39.4 Å². The van der Waals surface area contributed by atoms with E-state index in [1.54, 1.807) is 18.2 Å². The number of hydrogen-bond donors (Lipinski definition) is 1. The van der Waals surface area contributed by atoms with Gasteiger partial charge in [-0.1, -0.05) is 12.1 Å². The summed E-state index contributed by atoms with van der Waals surface area (Å²) in [5, 5.41) is 11.8. The zero-order valence-corrected chi connectivity index (χ0v) is 19.8. The molecule has 0 unspecified atom stereocenters. The van der Waals surface area contributed by atoms with Gasteiger partial charge in [0, 0.05) is 38.6 Å². The second kappa shape index (κ2) is 11.0. The number of anilines is 2. The third kappa shape index (κ3) is 6.21. The Morgan fingerprint density at radius 1 is 1.09 bits per heavy atom. The van der Waals surface area contributed by atoms with Crippen molar-refractivity contribution in [3.05, 3.63) is 59.7 Å². The van der Waals surface area contributed by atoms with Gasteiger partial charge in [0.15, 0.2) is 6.61 Å². The third-order valence-corrected chi connectivity index (χ3v) is 7.15. The van der Waals surface area contributed by atoms with Crippen molar-refractivity contribution in [1.29, 1.82) is 5.26 Å². The molecule has 0 saturated carbocycles. The molecule has 1 amide bonds. The molecular weight excluding hydrogens is 456 g/mol. The van der Waals surface area contributed by atoms with E-state index in [1.165, 1.54) is 34.6 Å². The number of rotatable bonds is 8. The Balaban J connectivity index is 1.55. The second-order valence-corrected chi connectivity index (χ2v) is 9.85. The first-order valence-electron chi connectivity index (χ1n) is 10.7. The Kier molecular flexibility index (Phi) is 8.04. The van der Waals surface area contributed by atoms with Crippen LogP contribution in [0.3, 0.4) is 0 Å². The van der Waals surface area contributed by atoms with Crippen LogP contribution in [0.25, 0.3) is 6.08 Å². The first-order valence-corrected chi connectivity index (χ1v) is 12.1. The molecule has 0 radical (unpaired) electrons. The van der Waals surface area contributed by atoms with Gasteiger partial charge in [-0.2, -0.15) is 9.57 Å². The van der Waals surface area contributed by atoms with Gasteiger partial charge in [0.1, 0.15) is 11.6 Å². The first-order chi connectivity index (χ1) is 16.2. The van der Waals surface area contributed by atoms with Gasteiger partial charge in [0.2, 0.25) is 10.0 Å².